The molecule has 1 amide bonds. The van der Waals surface area contributed by atoms with E-state index in [2.05, 4.69) is 10.6 Å². The normalized spacial score (nSPS) is 19.9. The third-order valence-electron chi connectivity index (χ3n) is 4.29. The van der Waals surface area contributed by atoms with Gasteiger partial charge in [0.2, 0.25) is 0 Å². The topological polar surface area (TPSA) is 76.7 Å². The van der Waals surface area contributed by atoms with Crippen LogP contribution in [0.1, 0.15) is 63.7 Å². The zero-order valence-corrected chi connectivity index (χ0v) is 17.2. The van der Waals surface area contributed by atoms with Gasteiger partial charge in [0.25, 0.3) is 0 Å². The molecular formula is C20H29ClN2O4. The van der Waals surface area contributed by atoms with Gasteiger partial charge in [0.15, 0.2) is 0 Å². The highest BCUT2D eigenvalue weighted by Gasteiger charge is 2.25. The molecule has 1 saturated carbocycles. The van der Waals surface area contributed by atoms with Crippen LogP contribution in [0, 0.1) is 0 Å². The molecule has 7 heteroatoms. The van der Waals surface area contributed by atoms with Crippen molar-refractivity contribution in [2.45, 2.75) is 71.1 Å². The Kier molecular flexibility index (Phi) is 7.36. The minimum absolute atomic E-state index is 0.110. The van der Waals surface area contributed by atoms with Crippen LogP contribution in [0.4, 0.5) is 10.5 Å². The van der Waals surface area contributed by atoms with E-state index in [4.69, 9.17) is 21.1 Å². The number of hydrogen-bond donors (Lipinski definition) is 2. The molecule has 0 aromatic heterocycles. The summed E-state index contributed by atoms with van der Waals surface area (Å²) in [5.74, 6) is -0.359. The first-order valence-corrected chi connectivity index (χ1v) is 9.78. The van der Waals surface area contributed by atoms with Crippen molar-refractivity contribution in [1.29, 1.82) is 0 Å². The Balaban J connectivity index is 1.87. The quantitative estimate of drug-likeness (QED) is 0.701. The molecular weight excluding hydrogens is 368 g/mol. The van der Waals surface area contributed by atoms with Gasteiger partial charge in [-0.1, -0.05) is 11.6 Å². The lowest BCUT2D eigenvalue weighted by Gasteiger charge is -2.31. The molecule has 6 nitrogen and oxygen atoms in total. The van der Waals surface area contributed by atoms with Crippen LogP contribution < -0.4 is 10.6 Å². The summed E-state index contributed by atoms with van der Waals surface area (Å²) in [6.07, 6.45) is 3.11. The zero-order chi connectivity index (χ0) is 20.0. The number of esters is 1. The molecule has 0 radical (unpaired) electrons. The largest absolute Gasteiger partial charge is 0.462 e. The van der Waals surface area contributed by atoms with Crippen LogP contribution in [0.15, 0.2) is 18.2 Å². The van der Waals surface area contributed by atoms with Crippen LogP contribution in [0.25, 0.3) is 0 Å². The van der Waals surface area contributed by atoms with Crippen molar-refractivity contribution in [3.63, 3.8) is 0 Å². The number of ether oxygens (including phenoxy) is 2. The summed E-state index contributed by atoms with van der Waals surface area (Å²) < 4.78 is 10.3. The first kappa shape index (κ1) is 21.4. The van der Waals surface area contributed by atoms with Crippen LogP contribution in [0.2, 0.25) is 5.02 Å². The highest BCUT2D eigenvalue weighted by molar-refractivity contribution is 6.33. The molecule has 0 saturated heterocycles. The van der Waals surface area contributed by atoms with Gasteiger partial charge in [0.05, 0.1) is 22.9 Å². The van der Waals surface area contributed by atoms with E-state index in [0.29, 0.717) is 17.2 Å². The Hall–Kier alpha value is -1.95. The van der Waals surface area contributed by atoms with E-state index in [0.717, 1.165) is 31.4 Å². The highest BCUT2D eigenvalue weighted by atomic mass is 35.5. The Morgan fingerprint density at radius 3 is 2.37 bits per heavy atom. The number of hydrogen-bond acceptors (Lipinski definition) is 5. The molecule has 1 aromatic carbocycles. The summed E-state index contributed by atoms with van der Waals surface area (Å²) in [5.41, 5.74) is 0.707. The standard InChI is InChI=1S/C20H29ClN2O4/c1-5-26-18(24)13-6-11-16(21)17(12-13)22-14-7-9-15(10-8-14)23-19(25)27-20(2,3)4/h6,11-12,14-15,22H,5,7-10H2,1-4H3,(H,23,25). The molecule has 1 aliphatic rings. The van der Waals surface area contributed by atoms with Crippen LogP contribution >= 0.6 is 11.6 Å². The van der Waals surface area contributed by atoms with Gasteiger partial charge in [0, 0.05) is 12.1 Å². The van der Waals surface area contributed by atoms with Crippen LogP contribution in [0.3, 0.4) is 0 Å². The number of nitrogens with one attached hydrogen (secondary N) is 2. The fraction of sp³-hybridized carbons (Fsp3) is 0.600. The van der Waals surface area contributed by atoms with Crippen molar-refractivity contribution >= 4 is 29.4 Å². The van der Waals surface area contributed by atoms with E-state index in [-0.39, 0.29) is 24.1 Å². The molecule has 0 spiro atoms. The van der Waals surface area contributed by atoms with Crippen LogP contribution in [-0.2, 0) is 9.47 Å². The second-order valence-electron chi connectivity index (χ2n) is 7.75. The summed E-state index contributed by atoms with van der Waals surface area (Å²) in [6, 6.07) is 5.43. The highest BCUT2D eigenvalue weighted by Crippen LogP contribution is 2.28. The summed E-state index contributed by atoms with van der Waals surface area (Å²) in [6.45, 7) is 7.65. The third-order valence-corrected chi connectivity index (χ3v) is 4.61. The Morgan fingerprint density at radius 2 is 1.78 bits per heavy atom. The number of halogens is 1. The van der Waals surface area contributed by atoms with Crippen LogP contribution in [-0.4, -0.2) is 36.4 Å². The Bertz CT molecular complexity index is 664. The maximum atomic E-state index is 11.9. The van der Waals surface area contributed by atoms with Gasteiger partial charge < -0.3 is 20.1 Å². The SMILES string of the molecule is CCOC(=O)c1ccc(Cl)c(NC2CCC(NC(=O)OC(C)(C)C)CC2)c1. The minimum Gasteiger partial charge on any atom is -0.462 e. The summed E-state index contributed by atoms with van der Waals surface area (Å²) in [5, 5.41) is 6.91. The van der Waals surface area contributed by atoms with Gasteiger partial charge >= 0.3 is 12.1 Å². The molecule has 1 aliphatic carbocycles. The number of rotatable bonds is 5. The molecule has 1 aromatic rings. The molecule has 150 valence electrons. The van der Waals surface area contributed by atoms with E-state index in [1.165, 1.54) is 0 Å². The van der Waals surface area contributed by atoms with E-state index >= 15 is 0 Å². The van der Waals surface area contributed by atoms with Crippen molar-refractivity contribution < 1.29 is 19.1 Å². The van der Waals surface area contributed by atoms with Crippen molar-refractivity contribution in [1.82, 2.24) is 5.32 Å². The van der Waals surface area contributed by atoms with Crippen LogP contribution in [0.5, 0.6) is 0 Å². The zero-order valence-electron chi connectivity index (χ0n) is 16.4. The van der Waals surface area contributed by atoms with Crippen molar-refractivity contribution in [2.75, 3.05) is 11.9 Å². The lowest BCUT2D eigenvalue weighted by Crippen LogP contribution is -2.42. The second-order valence-corrected chi connectivity index (χ2v) is 8.16. The van der Waals surface area contributed by atoms with Crippen molar-refractivity contribution in [3.05, 3.63) is 28.8 Å². The molecule has 0 heterocycles. The fourth-order valence-electron chi connectivity index (χ4n) is 3.05. The van der Waals surface area contributed by atoms with E-state index in [9.17, 15) is 9.59 Å². The second kappa shape index (κ2) is 9.31. The fourth-order valence-corrected chi connectivity index (χ4v) is 3.23. The maximum Gasteiger partial charge on any atom is 0.407 e. The minimum atomic E-state index is -0.496. The number of amides is 1. The van der Waals surface area contributed by atoms with Gasteiger partial charge in [0.1, 0.15) is 5.60 Å². The predicted molar refractivity (Wildman–Crippen MR) is 106 cm³/mol. The number of anilines is 1. The Labute approximate surface area is 165 Å². The molecule has 0 aliphatic heterocycles. The third kappa shape index (κ3) is 6.94. The molecule has 0 unspecified atom stereocenters. The Morgan fingerprint density at radius 1 is 1.15 bits per heavy atom. The predicted octanol–water partition coefficient (Wildman–Crippen LogP) is 4.76. The van der Waals surface area contributed by atoms with Crippen molar-refractivity contribution in [2.24, 2.45) is 0 Å². The maximum absolute atomic E-state index is 11.9. The molecule has 0 atom stereocenters. The number of benzene rings is 1. The van der Waals surface area contributed by atoms with Crippen molar-refractivity contribution in [3.8, 4) is 0 Å². The van der Waals surface area contributed by atoms with E-state index in [1.54, 1.807) is 25.1 Å². The molecule has 2 rings (SSSR count). The van der Waals surface area contributed by atoms with Gasteiger partial charge in [-0.15, -0.1) is 0 Å². The summed E-state index contributed by atoms with van der Waals surface area (Å²) >= 11 is 6.27. The molecule has 1 fully saturated rings. The average Bonchev–Trinajstić information content (AvgIpc) is 2.57. The number of carbonyl (C=O) groups excluding carboxylic acids is 2. The van der Waals surface area contributed by atoms with Gasteiger partial charge in [-0.25, -0.2) is 9.59 Å². The van der Waals surface area contributed by atoms with E-state index < -0.39 is 5.60 Å². The summed E-state index contributed by atoms with van der Waals surface area (Å²) in [4.78, 5) is 23.8. The summed E-state index contributed by atoms with van der Waals surface area (Å²) in [7, 11) is 0. The number of carbonyl (C=O) groups is 2. The number of alkyl carbamates (subject to hydrolysis) is 1. The first-order valence-electron chi connectivity index (χ1n) is 9.40. The van der Waals surface area contributed by atoms with Gasteiger partial charge in [-0.2, -0.15) is 0 Å². The monoisotopic (exact) mass is 396 g/mol. The van der Waals surface area contributed by atoms with Gasteiger partial charge in [-0.3, -0.25) is 0 Å². The molecule has 2 N–H and O–H groups in total. The van der Waals surface area contributed by atoms with Gasteiger partial charge in [-0.05, 0) is 71.6 Å². The smallest absolute Gasteiger partial charge is 0.407 e. The molecule has 0 bridgehead atoms. The average molecular weight is 397 g/mol. The first-order chi connectivity index (χ1) is 12.7. The lowest BCUT2D eigenvalue weighted by molar-refractivity contribution is 0.0489. The molecule has 27 heavy (non-hydrogen) atoms. The lowest BCUT2D eigenvalue weighted by atomic mass is 9.91. The van der Waals surface area contributed by atoms with E-state index in [1.807, 2.05) is 20.8 Å².